The van der Waals surface area contributed by atoms with Crippen molar-refractivity contribution in [1.29, 1.82) is 0 Å². The molecule has 0 spiro atoms. The van der Waals surface area contributed by atoms with Crippen molar-refractivity contribution in [2.45, 2.75) is 69.4 Å². The Bertz CT molecular complexity index is 885. The molecule has 0 aliphatic heterocycles. The number of thioether (sulfide) groups is 1. The highest BCUT2D eigenvalue weighted by atomic mass is 32.2. The number of rotatable bonds is 7. The average Bonchev–Trinajstić information content (AvgIpc) is 3.14. The Hall–Kier alpha value is -1.93. The van der Waals surface area contributed by atoms with E-state index in [-0.39, 0.29) is 29.1 Å². The molecular formula is C23H34FN5OS. The first-order chi connectivity index (χ1) is 14.7. The zero-order valence-electron chi connectivity index (χ0n) is 19.3. The Balaban J connectivity index is 1.81. The third-order valence-corrected chi connectivity index (χ3v) is 7.62. The Morgan fingerprint density at radius 3 is 2.52 bits per heavy atom. The van der Waals surface area contributed by atoms with E-state index in [9.17, 15) is 9.18 Å². The number of hydrogen-bond donors (Lipinski definition) is 1. The summed E-state index contributed by atoms with van der Waals surface area (Å²) in [5.74, 6) is 1.58. The molecule has 8 heteroatoms. The van der Waals surface area contributed by atoms with Crippen LogP contribution in [-0.4, -0.2) is 51.0 Å². The number of aromatic nitrogens is 3. The van der Waals surface area contributed by atoms with Crippen molar-refractivity contribution in [1.82, 2.24) is 25.0 Å². The van der Waals surface area contributed by atoms with Gasteiger partial charge in [0, 0.05) is 11.7 Å². The molecule has 3 rings (SSSR count). The van der Waals surface area contributed by atoms with Crippen LogP contribution < -0.4 is 5.32 Å². The predicted molar refractivity (Wildman–Crippen MR) is 123 cm³/mol. The monoisotopic (exact) mass is 447 g/mol. The van der Waals surface area contributed by atoms with Crippen molar-refractivity contribution >= 4 is 17.7 Å². The third kappa shape index (κ3) is 5.47. The fourth-order valence-electron chi connectivity index (χ4n) is 3.99. The molecule has 1 aliphatic rings. The van der Waals surface area contributed by atoms with Gasteiger partial charge in [0.1, 0.15) is 5.82 Å². The number of hydrogen-bond acceptors (Lipinski definition) is 5. The lowest BCUT2D eigenvalue weighted by Crippen LogP contribution is -2.46. The average molecular weight is 448 g/mol. The van der Waals surface area contributed by atoms with Crippen molar-refractivity contribution in [3.05, 3.63) is 35.9 Å². The van der Waals surface area contributed by atoms with Crippen molar-refractivity contribution in [3.8, 4) is 5.69 Å². The van der Waals surface area contributed by atoms with Gasteiger partial charge in [-0.25, -0.2) is 4.39 Å². The molecule has 1 heterocycles. The highest BCUT2D eigenvalue weighted by Gasteiger charge is 2.30. The fraction of sp³-hybridized carbons (Fsp3) is 0.609. The molecule has 170 valence electrons. The molecule has 1 aliphatic carbocycles. The topological polar surface area (TPSA) is 63.1 Å². The molecule has 31 heavy (non-hydrogen) atoms. The van der Waals surface area contributed by atoms with E-state index in [0.717, 1.165) is 24.4 Å². The highest BCUT2D eigenvalue weighted by molar-refractivity contribution is 8.00. The van der Waals surface area contributed by atoms with Gasteiger partial charge in [0.25, 0.3) is 0 Å². The van der Waals surface area contributed by atoms with Crippen LogP contribution in [0.4, 0.5) is 4.39 Å². The molecule has 2 aromatic rings. The van der Waals surface area contributed by atoms with Crippen molar-refractivity contribution in [3.63, 3.8) is 0 Å². The van der Waals surface area contributed by atoms with Gasteiger partial charge >= 0.3 is 0 Å². The van der Waals surface area contributed by atoms with Crippen molar-refractivity contribution in [2.75, 3.05) is 14.1 Å². The molecule has 1 amide bonds. The molecule has 0 radical (unpaired) electrons. The molecule has 0 bridgehead atoms. The number of carbonyl (C=O) groups is 1. The lowest BCUT2D eigenvalue weighted by Gasteiger charge is -2.35. The van der Waals surface area contributed by atoms with Gasteiger partial charge < -0.3 is 5.32 Å². The maximum Gasteiger partial charge on any atom is 0.233 e. The zero-order chi connectivity index (χ0) is 22.7. The Morgan fingerprint density at radius 2 is 1.87 bits per heavy atom. The van der Waals surface area contributed by atoms with Crippen LogP contribution in [0.1, 0.15) is 58.8 Å². The normalized spacial score (nSPS) is 23.5. The third-order valence-electron chi connectivity index (χ3n) is 6.58. The van der Waals surface area contributed by atoms with Gasteiger partial charge in [-0.3, -0.25) is 14.3 Å². The Kier molecular flexibility index (Phi) is 7.75. The van der Waals surface area contributed by atoms with E-state index in [4.69, 9.17) is 0 Å². The van der Waals surface area contributed by atoms with Crippen LogP contribution in [0.25, 0.3) is 5.69 Å². The van der Waals surface area contributed by atoms with Crippen molar-refractivity contribution < 1.29 is 9.18 Å². The SMILES string of the molecule is C[C@H]1[C@H](C)CCC[C@H]1NC(=O)[C@H](C)Sc1nnc([C@H](C)N(C)C)n1-c1ccc(F)cc1. The summed E-state index contributed by atoms with van der Waals surface area (Å²) >= 11 is 1.38. The van der Waals surface area contributed by atoms with Crippen LogP contribution in [0.15, 0.2) is 29.4 Å². The van der Waals surface area contributed by atoms with Crippen LogP contribution in [0.5, 0.6) is 0 Å². The molecule has 1 aromatic carbocycles. The summed E-state index contributed by atoms with van der Waals surface area (Å²) < 4.78 is 15.4. The number of carbonyl (C=O) groups excluding carboxylic acids is 1. The van der Waals surface area contributed by atoms with Crippen LogP contribution >= 0.6 is 11.8 Å². The quantitative estimate of drug-likeness (QED) is 0.636. The summed E-state index contributed by atoms with van der Waals surface area (Å²) in [6.07, 6.45) is 3.42. The lowest BCUT2D eigenvalue weighted by molar-refractivity contribution is -0.121. The first-order valence-electron chi connectivity index (χ1n) is 11.0. The van der Waals surface area contributed by atoms with Gasteiger partial charge in [-0.2, -0.15) is 0 Å². The molecule has 1 N–H and O–H groups in total. The largest absolute Gasteiger partial charge is 0.352 e. The number of benzene rings is 1. The molecule has 5 atom stereocenters. The van der Waals surface area contributed by atoms with E-state index in [0.29, 0.717) is 17.0 Å². The van der Waals surface area contributed by atoms with Crippen LogP contribution in [0, 0.1) is 17.7 Å². The van der Waals surface area contributed by atoms with Gasteiger partial charge in [-0.15, -0.1) is 10.2 Å². The smallest absolute Gasteiger partial charge is 0.233 e. The minimum Gasteiger partial charge on any atom is -0.352 e. The fourth-order valence-corrected chi connectivity index (χ4v) is 4.87. The van der Waals surface area contributed by atoms with E-state index >= 15 is 0 Å². The lowest BCUT2D eigenvalue weighted by atomic mass is 9.78. The van der Waals surface area contributed by atoms with E-state index in [2.05, 4.69) is 29.4 Å². The maximum absolute atomic E-state index is 13.5. The van der Waals surface area contributed by atoms with Crippen molar-refractivity contribution in [2.24, 2.45) is 11.8 Å². The van der Waals surface area contributed by atoms with Gasteiger partial charge in [0.05, 0.1) is 11.3 Å². The molecule has 0 unspecified atom stereocenters. The van der Waals surface area contributed by atoms with Gasteiger partial charge in [0.15, 0.2) is 11.0 Å². The minimum atomic E-state index is -0.324. The molecule has 1 fully saturated rings. The predicted octanol–water partition coefficient (Wildman–Crippen LogP) is 4.45. The highest BCUT2D eigenvalue weighted by Crippen LogP contribution is 2.32. The summed E-state index contributed by atoms with van der Waals surface area (Å²) in [5.41, 5.74) is 0.778. The minimum absolute atomic E-state index is 0.000566. The summed E-state index contributed by atoms with van der Waals surface area (Å²) in [4.78, 5) is 15.0. The second-order valence-electron chi connectivity index (χ2n) is 8.93. The second-order valence-corrected chi connectivity index (χ2v) is 10.2. The number of nitrogens with one attached hydrogen (secondary N) is 1. The zero-order valence-corrected chi connectivity index (χ0v) is 20.1. The summed E-state index contributed by atoms with van der Waals surface area (Å²) in [6.45, 7) is 8.43. The molecule has 6 nitrogen and oxygen atoms in total. The second kappa shape index (κ2) is 10.1. The van der Waals surface area contributed by atoms with Gasteiger partial charge in [0.2, 0.25) is 5.91 Å². The molecule has 0 saturated heterocycles. The Morgan fingerprint density at radius 1 is 1.19 bits per heavy atom. The van der Waals surface area contributed by atoms with E-state index in [1.54, 1.807) is 12.1 Å². The standard InChI is InChI=1S/C23H34FN5OS/c1-14-8-7-9-20(15(14)2)25-22(30)17(4)31-23-27-26-21(16(3)28(5)6)29(23)19-12-10-18(24)11-13-19/h10-17,20H,7-9H2,1-6H3,(H,25,30)/t14-,15+,16+,17+,20-/m1/s1. The number of amides is 1. The summed E-state index contributed by atoms with van der Waals surface area (Å²) in [6, 6.07) is 6.50. The van der Waals surface area contributed by atoms with E-state index < -0.39 is 0 Å². The van der Waals surface area contributed by atoms with Crippen LogP contribution in [0.3, 0.4) is 0 Å². The van der Waals surface area contributed by atoms with Crippen LogP contribution in [0.2, 0.25) is 0 Å². The maximum atomic E-state index is 13.5. The first-order valence-corrected chi connectivity index (χ1v) is 11.9. The Labute approximate surface area is 189 Å². The summed E-state index contributed by atoms with van der Waals surface area (Å²) in [5, 5.41) is 12.4. The summed E-state index contributed by atoms with van der Waals surface area (Å²) in [7, 11) is 3.95. The van der Waals surface area contributed by atoms with Gasteiger partial charge in [-0.1, -0.05) is 38.5 Å². The molecule has 1 saturated carbocycles. The van der Waals surface area contributed by atoms with E-state index in [1.165, 1.54) is 30.3 Å². The molecular weight excluding hydrogens is 413 g/mol. The van der Waals surface area contributed by atoms with E-state index in [1.807, 2.05) is 37.4 Å². The van der Waals surface area contributed by atoms with Crippen LogP contribution in [-0.2, 0) is 4.79 Å². The number of halogens is 1. The molecule has 1 aromatic heterocycles. The van der Waals surface area contributed by atoms with Gasteiger partial charge in [-0.05, 0) is 70.5 Å². The number of nitrogens with zero attached hydrogens (tertiary/aromatic N) is 4. The first kappa shape index (κ1) is 23.7.